The number of aliphatic hydroxyl groups is 1. The topological polar surface area (TPSA) is 79.7 Å². The average molecular weight is 537 g/mol. The van der Waals surface area contributed by atoms with Gasteiger partial charge in [0.25, 0.3) is 5.78 Å². The molecule has 0 aliphatic carbocycles. The highest BCUT2D eigenvalue weighted by atomic mass is 35.5. The number of fused-ring (bicyclic) bond motifs is 1. The summed E-state index contributed by atoms with van der Waals surface area (Å²) in [5.74, 6) is -1.29. The van der Waals surface area contributed by atoms with Crippen LogP contribution in [0.4, 0.5) is 5.13 Å². The second-order valence-electron chi connectivity index (χ2n) is 7.95. The fourth-order valence-corrected chi connectivity index (χ4v) is 5.39. The van der Waals surface area contributed by atoms with E-state index in [4.69, 9.17) is 27.9 Å². The van der Waals surface area contributed by atoms with Crippen molar-refractivity contribution in [1.29, 1.82) is 0 Å². The van der Waals surface area contributed by atoms with E-state index in [1.165, 1.54) is 16.2 Å². The number of benzene rings is 3. The Bertz CT molecular complexity index is 1530. The van der Waals surface area contributed by atoms with Crippen molar-refractivity contribution in [2.75, 3.05) is 11.5 Å². The van der Waals surface area contributed by atoms with Crippen LogP contribution >= 0.6 is 34.5 Å². The van der Waals surface area contributed by atoms with E-state index in [9.17, 15) is 14.7 Å². The van der Waals surface area contributed by atoms with Gasteiger partial charge >= 0.3 is 5.91 Å². The minimum absolute atomic E-state index is 0.0422. The molecule has 1 aromatic heterocycles. The highest BCUT2D eigenvalue weighted by Gasteiger charge is 2.48. The number of hydrogen-bond donors (Lipinski definition) is 1. The standard InChI is InChI=1S/C27H18Cl2N2O4S/c1-2-13-35-19-10-5-15(6-11-19)23-22(24(32)16-3-7-17(28)8-4-16)25(33)26(34)31(23)27-30-20-12-9-18(29)14-21(20)36-27/h2-12,14,23,32H,1,13H2. The van der Waals surface area contributed by atoms with E-state index in [2.05, 4.69) is 11.6 Å². The first-order valence-electron chi connectivity index (χ1n) is 10.8. The van der Waals surface area contributed by atoms with E-state index in [1.54, 1.807) is 72.8 Å². The Hall–Kier alpha value is -3.65. The number of anilines is 1. The highest BCUT2D eigenvalue weighted by molar-refractivity contribution is 7.22. The van der Waals surface area contributed by atoms with Gasteiger partial charge in [0.15, 0.2) is 5.13 Å². The predicted octanol–water partition coefficient (Wildman–Crippen LogP) is 6.79. The maximum Gasteiger partial charge on any atom is 0.301 e. The van der Waals surface area contributed by atoms with Crippen LogP contribution < -0.4 is 9.64 Å². The molecule has 180 valence electrons. The van der Waals surface area contributed by atoms with Gasteiger partial charge < -0.3 is 9.84 Å². The molecule has 6 nitrogen and oxygen atoms in total. The molecule has 36 heavy (non-hydrogen) atoms. The molecule has 1 saturated heterocycles. The van der Waals surface area contributed by atoms with Gasteiger partial charge in [-0.3, -0.25) is 14.5 Å². The van der Waals surface area contributed by atoms with E-state index in [0.29, 0.717) is 44.2 Å². The van der Waals surface area contributed by atoms with Gasteiger partial charge in [-0.15, -0.1) is 0 Å². The molecule has 0 bridgehead atoms. The van der Waals surface area contributed by atoms with Crippen LogP contribution in [-0.4, -0.2) is 28.4 Å². The molecule has 0 spiro atoms. The van der Waals surface area contributed by atoms with E-state index in [0.717, 1.165) is 4.70 Å². The van der Waals surface area contributed by atoms with Crippen LogP contribution in [0.25, 0.3) is 16.0 Å². The Kier molecular flexibility index (Phi) is 6.53. The number of aliphatic hydroxyl groups excluding tert-OH is 1. The highest BCUT2D eigenvalue weighted by Crippen LogP contribution is 2.44. The van der Waals surface area contributed by atoms with Gasteiger partial charge in [0.2, 0.25) is 0 Å². The number of aromatic nitrogens is 1. The van der Waals surface area contributed by atoms with E-state index in [1.807, 2.05) is 0 Å². The third kappa shape index (κ3) is 4.37. The first kappa shape index (κ1) is 24.1. The zero-order valence-electron chi connectivity index (χ0n) is 18.7. The van der Waals surface area contributed by atoms with Crippen molar-refractivity contribution in [3.05, 3.63) is 106 Å². The van der Waals surface area contributed by atoms with Crippen LogP contribution in [0.3, 0.4) is 0 Å². The summed E-state index contributed by atoms with van der Waals surface area (Å²) in [4.78, 5) is 32.6. The number of Topliss-reactive ketones (excluding diaryl/α,β-unsaturated/α-hetero) is 1. The lowest BCUT2D eigenvalue weighted by atomic mass is 9.95. The monoisotopic (exact) mass is 536 g/mol. The first-order valence-corrected chi connectivity index (χ1v) is 12.4. The Balaban J connectivity index is 1.68. The Labute approximate surface area is 220 Å². The SMILES string of the molecule is C=CCOc1ccc(C2C(=C(O)c3ccc(Cl)cc3)C(=O)C(=O)N2c2nc3ccc(Cl)cc3s2)cc1. The molecular formula is C27H18Cl2N2O4S. The first-order chi connectivity index (χ1) is 17.4. The van der Waals surface area contributed by atoms with Crippen molar-refractivity contribution in [2.45, 2.75) is 6.04 Å². The summed E-state index contributed by atoms with van der Waals surface area (Å²) >= 11 is 13.4. The molecule has 0 radical (unpaired) electrons. The fraction of sp³-hybridized carbons (Fsp3) is 0.0741. The van der Waals surface area contributed by atoms with Gasteiger partial charge in [0.05, 0.1) is 21.8 Å². The van der Waals surface area contributed by atoms with E-state index in [-0.39, 0.29) is 11.3 Å². The summed E-state index contributed by atoms with van der Waals surface area (Å²) in [7, 11) is 0. The minimum Gasteiger partial charge on any atom is -0.507 e. The second kappa shape index (κ2) is 9.78. The summed E-state index contributed by atoms with van der Waals surface area (Å²) in [6.07, 6.45) is 1.63. The van der Waals surface area contributed by atoms with Crippen LogP contribution in [0, 0.1) is 0 Å². The number of rotatable bonds is 6. The van der Waals surface area contributed by atoms with Crippen molar-refractivity contribution in [1.82, 2.24) is 4.98 Å². The molecule has 9 heteroatoms. The average Bonchev–Trinajstić information content (AvgIpc) is 3.40. The maximum atomic E-state index is 13.4. The number of ether oxygens (including phenoxy) is 1. The third-order valence-electron chi connectivity index (χ3n) is 5.67. The number of amides is 1. The summed E-state index contributed by atoms with van der Waals surface area (Å²) in [5.41, 5.74) is 1.57. The van der Waals surface area contributed by atoms with Gasteiger partial charge in [-0.05, 0) is 60.2 Å². The molecule has 0 saturated carbocycles. The molecule has 1 unspecified atom stereocenters. The number of hydrogen-bond acceptors (Lipinski definition) is 6. The van der Waals surface area contributed by atoms with Crippen molar-refractivity contribution in [3.8, 4) is 5.75 Å². The van der Waals surface area contributed by atoms with E-state index < -0.39 is 17.7 Å². The van der Waals surface area contributed by atoms with Gasteiger partial charge in [-0.1, -0.05) is 59.3 Å². The molecule has 1 aliphatic heterocycles. The molecule has 1 atom stereocenters. The van der Waals surface area contributed by atoms with Crippen LogP contribution in [0.15, 0.2) is 85.0 Å². The molecule has 1 aliphatic rings. The lowest BCUT2D eigenvalue weighted by molar-refractivity contribution is -0.132. The summed E-state index contributed by atoms with van der Waals surface area (Å²) < 4.78 is 6.34. The lowest BCUT2D eigenvalue weighted by Gasteiger charge is -2.23. The number of thiazole rings is 1. The Morgan fingerprint density at radius 1 is 1.06 bits per heavy atom. The molecule has 1 amide bonds. The van der Waals surface area contributed by atoms with Gasteiger partial charge in [-0.25, -0.2) is 4.98 Å². The quantitative estimate of drug-likeness (QED) is 0.127. The fourth-order valence-electron chi connectivity index (χ4n) is 4.00. The van der Waals surface area contributed by atoms with Crippen LogP contribution in [-0.2, 0) is 9.59 Å². The van der Waals surface area contributed by atoms with E-state index >= 15 is 0 Å². The van der Waals surface area contributed by atoms with Gasteiger partial charge in [0.1, 0.15) is 18.1 Å². The molecule has 4 aromatic rings. The van der Waals surface area contributed by atoms with Crippen LogP contribution in [0.5, 0.6) is 5.75 Å². The minimum atomic E-state index is -0.912. The molecule has 2 heterocycles. The smallest absolute Gasteiger partial charge is 0.301 e. The molecular weight excluding hydrogens is 519 g/mol. The van der Waals surface area contributed by atoms with Crippen molar-refractivity contribution in [3.63, 3.8) is 0 Å². The molecule has 1 N–H and O–H groups in total. The zero-order valence-corrected chi connectivity index (χ0v) is 21.0. The van der Waals surface area contributed by atoms with Crippen molar-refractivity contribution < 1.29 is 19.4 Å². The van der Waals surface area contributed by atoms with Crippen molar-refractivity contribution in [2.24, 2.45) is 0 Å². The second-order valence-corrected chi connectivity index (χ2v) is 9.84. The van der Waals surface area contributed by atoms with Crippen LogP contribution in [0.2, 0.25) is 10.0 Å². The normalized spacial score (nSPS) is 17.1. The Morgan fingerprint density at radius 3 is 2.44 bits per heavy atom. The number of carbonyl (C=O) groups excluding carboxylic acids is 2. The molecule has 5 rings (SSSR count). The molecule has 1 fully saturated rings. The van der Waals surface area contributed by atoms with Gasteiger partial charge in [0, 0.05) is 15.6 Å². The number of halogens is 2. The third-order valence-corrected chi connectivity index (χ3v) is 7.18. The number of ketones is 1. The van der Waals surface area contributed by atoms with Gasteiger partial charge in [-0.2, -0.15) is 0 Å². The maximum absolute atomic E-state index is 13.4. The summed E-state index contributed by atoms with van der Waals surface area (Å²) in [6, 6.07) is 17.7. The summed E-state index contributed by atoms with van der Waals surface area (Å²) in [5, 5.41) is 12.5. The van der Waals surface area contributed by atoms with Crippen molar-refractivity contribution >= 4 is 67.3 Å². The lowest BCUT2D eigenvalue weighted by Crippen LogP contribution is -2.29. The number of carbonyl (C=O) groups is 2. The summed E-state index contributed by atoms with van der Waals surface area (Å²) in [6.45, 7) is 3.98. The van der Waals surface area contributed by atoms with Crippen LogP contribution in [0.1, 0.15) is 17.2 Å². The molecule has 3 aromatic carbocycles. The predicted molar refractivity (Wildman–Crippen MR) is 143 cm³/mol. The number of nitrogens with zero attached hydrogens (tertiary/aromatic N) is 2. The zero-order chi connectivity index (χ0) is 25.4. The Morgan fingerprint density at radius 2 is 1.75 bits per heavy atom. The largest absolute Gasteiger partial charge is 0.507 e.